The summed E-state index contributed by atoms with van der Waals surface area (Å²) >= 11 is 8.69. The van der Waals surface area contributed by atoms with Crippen molar-refractivity contribution < 1.29 is 9.18 Å². The van der Waals surface area contributed by atoms with E-state index in [1.807, 2.05) is 12.1 Å². The number of carbonyl (C=O) groups excluding carboxylic acids is 1. The maximum Gasteiger partial charge on any atom is 0.236 e. The summed E-state index contributed by atoms with van der Waals surface area (Å²) in [7, 11) is 0. The molecule has 1 N–H and O–H groups in total. The number of hydrogen-bond acceptors (Lipinski definition) is 4. The molecule has 0 bridgehead atoms. The average Bonchev–Trinajstić information content (AvgIpc) is 3.03. The van der Waals surface area contributed by atoms with Crippen LogP contribution in [0.5, 0.6) is 0 Å². The molecule has 3 rings (SSSR count). The summed E-state index contributed by atoms with van der Waals surface area (Å²) in [6.45, 7) is 0. The molecule has 0 aliphatic heterocycles. The second kappa shape index (κ2) is 8.47. The molecule has 0 saturated carbocycles. The first-order chi connectivity index (χ1) is 12.1. The van der Waals surface area contributed by atoms with Crippen molar-refractivity contribution in [3.05, 3.63) is 76.0 Å². The van der Waals surface area contributed by atoms with Crippen LogP contribution in [-0.2, 0) is 11.2 Å². The van der Waals surface area contributed by atoms with Crippen LogP contribution in [0.4, 0.5) is 9.52 Å². The van der Waals surface area contributed by atoms with Gasteiger partial charge in [0.05, 0.1) is 5.75 Å². The zero-order valence-corrected chi connectivity index (χ0v) is 15.4. The molecule has 3 aromatic rings. The van der Waals surface area contributed by atoms with Gasteiger partial charge in [0.25, 0.3) is 0 Å². The van der Waals surface area contributed by atoms with Gasteiger partial charge in [0.15, 0.2) is 5.13 Å². The van der Waals surface area contributed by atoms with Crippen LogP contribution in [0.25, 0.3) is 0 Å². The largest absolute Gasteiger partial charge is 0.301 e. The van der Waals surface area contributed by atoms with E-state index in [2.05, 4.69) is 10.3 Å². The highest BCUT2D eigenvalue weighted by molar-refractivity contribution is 8.00. The van der Waals surface area contributed by atoms with Gasteiger partial charge in [-0.1, -0.05) is 23.7 Å². The SMILES string of the molecule is O=C(CSc1ccc(Cl)cc1)Nc1ncc(Cc2ccc(F)cc2)s1. The van der Waals surface area contributed by atoms with E-state index in [9.17, 15) is 9.18 Å². The average molecular weight is 393 g/mol. The number of nitrogens with zero attached hydrogens (tertiary/aromatic N) is 1. The van der Waals surface area contributed by atoms with Gasteiger partial charge in [0.2, 0.25) is 5.91 Å². The summed E-state index contributed by atoms with van der Waals surface area (Å²) in [6.07, 6.45) is 2.39. The number of thiazole rings is 1. The molecule has 2 aromatic carbocycles. The Kier molecular flexibility index (Phi) is 6.07. The molecule has 0 aliphatic rings. The van der Waals surface area contributed by atoms with Gasteiger partial charge in [-0.3, -0.25) is 4.79 Å². The predicted molar refractivity (Wildman–Crippen MR) is 102 cm³/mol. The lowest BCUT2D eigenvalue weighted by molar-refractivity contribution is -0.113. The fraction of sp³-hybridized carbons (Fsp3) is 0.111. The molecule has 25 heavy (non-hydrogen) atoms. The molecule has 7 heteroatoms. The highest BCUT2D eigenvalue weighted by atomic mass is 35.5. The number of amides is 1. The number of carbonyl (C=O) groups is 1. The number of benzene rings is 2. The van der Waals surface area contributed by atoms with Crippen molar-refractivity contribution in [3.63, 3.8) is 0 Å². The molecule has 3 nitrogen and oxygen atoms in total. The summed E-state index contributed by atoms with van der Waals surface area (Å²) in [5.41, 5.74) is 1.00. The summed E-state index contributed by atoms with van der Waals surface area (Å²) in [4.78, 5) is 18.2. The minimum absolute atomic E-state index is 0.109. The smallest absolute Gasteiger partial charge is 0.236 e. The number of thioether (sulfide) groups is 1. The molecule has 1 aromatic heterocycles. The zero-order valence-electron chi connectivity index (χ0n) is 13.0. The molecular weight excluding hydrogens is 379 g/mol. The Bertz CT molecular complexity index is 850. The normalized spacial score (nSPS) is 10.6. The standard InChI is InChI=1S/C18H14ClFN2OS2/c19-13-3-7-15(8-4-13)24-11-17(23)22-18-21-10-16(25-18)9-12-1-5-14(20)6-2-12/h1-8,10H,9,11H2,(H,21,22,23). The lowest BCUT2D eigenvalue weighted by Gasteiger charge is -2.02. The molecule has 128 valence electrons. The van der Waals surface area contributed by atoms with Gasteiger partial charge in [-0.15, -0.1) is 23.1 Å². The number of anilines is 1. The van der Waals surface area contributed by atoms with E-state index < -0.39 is 0 Å². The third-order valence-corrected chi connectivity index (χ3v) is 5.45. The molecule has 0 spiro atoms. The van der Waals surface area contributed by atoms with Crippen molar-refractivity contribution in [2.75, 3.05) is 11.1 Å². The van der Waals surface area contributed by atoms with Crippen LogP contribution in [0, 0.1) is 5.82 Å². The second-order valence-electron chi connectivity index (χ2n) is 5.23. The summed E-state index contributed by atoms with van der Waals surface area (Å²) in [5, 5.41) is 4.04. The van der Waals surface area contributed by atoms with Crippen molar-refractivity contribution in [2.24, 2.45) is 0 Å². The van der Waals surface area contributed by atoms with Crippen LogP contribution in [-0.4, -0.2) is 16.6 Å². The van der Waals surface area contributed by atoms with Crippen molar-refractivity contribution in [1.82, 2.24) is 4.98 Å². The highest BCUT2D eigenvalue weighted by Crippen LogP contribution is 2.23. The molecule has 0 saturated heterocycles. The van der Waals surface area contributed by atoms with Gasteiger partial charge in [-0.2, -0.15) is 0 Å². The highest BCUT2D eigenvalue weighted by Gasteiger charge is 2.08. The van der Waals surface area contributed by atoms with Crippen LogP contribution in [0.1, 0.15) is 10.4 Å². The Balaban J connectivity index is 1.51. The minimum Gasteiger partial charge on any atom is -0.301 e. The van der Waals surface area contributed by atoms with Gasteiger partial charge in [-0.25, -0.2) is 9.37 Å². The van der Waals surface area contributed by atoms with Gasteiger partial charge < -0.3 is 5.32 Å². The van der Waals surface area contributed by atoms with Crippen molar-refractivity contribution >= 4 is 45.7 Å². The Hall–Kier alpha value is -1.89. The van der Waals surface area contributed by atoms with Crippen LogP contribution < -0.4 is 5.32 Å². The van der Waals surface area contributed by atoms with Crippen molar-refractivity contribution in [3.8, 4) is 0 Å². The van der Waals surface area contributed by atoms with Crippen LogP contribution in [0.15, 0.2) is 59.6 Å². The van der Waals surface area contributed by atoms with E-state index >= 15 is 0 Å². The third kappa shape index (κ3) is 5.56. The summed E-state index contributed by atoms with van der Waals surface area (Å²) in [6, 6.07) is 13.7. The molecule has 0 radical (unpaired) electrons. The number of hydrogen-bond donors (Lipinski definition) is 1. The topological polar surface area (TPSA) is 42.0 Å². The quantitative estimate of drug-likeness (QED) is 0.582. The Labute approximate surface area is 158 Å². The lowest BCUT2D eigenvalue weighted by Crippen LogP contribution is -2.13. The van der Waals surface area contributed by atoms with Gasteiger partial charge in [-0.05, 0) is 42.0 Å². The van der Waals surface area contributed by atoms with E-state index in [4.69, 9.17) is 11.6 Å². The first-order valence-corrected chi connectivity index (χ1v) is 9.64. The first kappa shape index (κ1) is 17.9. The van der Waals surface area contributed by atoms with E-state index in [-0.39, 0.29) is 11.7 Å². The van der Waals surface area contributed by atoms with Gasteiger partial charge in [0.1, 0.15) is 5.82 Å². The maximum absolute atomic E-state index is 12.9. The zero-order chi connectivity index (χ0) is 17.6. The van der Waals surface area contributed by atoms with E-state index in [0.29, 0.717) is 22.3 Å². The van der Waals surface area contributed by atoms with E-state index in [0.717, 1.165) is 15.3 Å². The summed E-state index contributed by atoms with van der Waals surface area (Å²) in [5.74, 6) is -0.0593. The van der Waals surface area contributed by atoms with Crippen molar-refractivity contribution in [1.29, 1.82) is 0 Å². The Morgan fingerprint density at radius 3 is 2.60 bits per heavy atom. The molecule has 0 fully saturated rings. The van der Waals surface area contributed by atoms with Crippen LogP contribution in [0.2, 0.25) is 5.02 Å². The maximum atomic E-state index is 12.9. The monoisotopic (exact) mass is 392 g/mol. The van der Waals surface area contributed by atoms with Crippen molar-refractivity contribution in [2.45, 2.75) is 11.3 Å². The molecule has 0 unspecified atom stereocenters. The minimum atomic E-state index is -0.251. The fourth-order valence-electron chi connectivity index (χ4n) is 2.09. The second-order valence-corrected chi connectivity index (χ2v) is 7.83. The van der Waals surface area contributed by atoms with Gasteiger partial charge >= 0.3 is 0 Å². The number of halogens is 2. The van der Waals surface area contributed by atoms with Crippen LogP contribution >= 0.6 is 34.7 Å². The summed E-state index contributed by atoms with van der Waals surface area (Å²) < 4.78 is 12.9. The number of rotatable bonds is 6. The van der Waals surface area contributed by atoms with E-state index in [1.54, 1.807) is 30.5 Å². The fourth-order valence-corrected chi connectivity index (χ4v) is 3.77. The van der Waals surface area contributed by atoms with Crippen LogP contribution in [0.3, 0.4) is 0 Å². The number of nitrogens with one attached hydrogen (secondary N) is 1. The predicted octanol–water partition coefficient (Wildman–Crippen LogP) is 5.26. The number of aromatic nitrogens is 1. The molecule has 1 amide bonds. The van der Waals surface area contributed by atoms with E-state index in [1.165, 1.54) is 35.2 Å². The lowest BCUT2D eigenvalue weighted by atomic mass is 10.1. The Morgan fingerprint density at radius 2 is 1.88 bits per heavy atom. The third-order valence-electron chi connectivity index (χ3n) is 3.28. The Morgan fingerprint density at radius 1 is 1.16 bits per heavy atom. The molecule has 0 aliphatic carbocycles. The van der Waals surface area contributed by atoms with Gasteiger partial charge in [0, 0.05) is 27.4 Å². The molecule has 1 heterocycles. The molecule has 0 atom stereocenters. The molecular formula is C18H14ClFN2OS2. The first-order valence-electron chi connectivity index (χ1n) is 7.46.